The second-order valence-corrected chi connectivity index (χ2v) is 16.3. The van der Waals surface area contributed by atoms with E-state index in [0.717, 1.165) is 52.2 Å². The molecule has 1 N–H and O–H groups in total. The first-order valence-corrected chi connectivity index (χ1v) is 17.9. The van der Waals surface area contributed by atoms with Gasteiger partial charge in [-0.15, -0.1) is 0 Å². The molecule has 2 heterocycles. The van der Waals surface area contributed by atoms with E-state index < -0.39 is 26.8 Å². The molecular weight excluding hydrogens is 582 g/mol. The van der Waals surface area contributed by atoms with Gasteiger partial charge in [-0.1, -0.05) is 27.7 Å². The van der Waals surface area contributed by atoms with Crippen LogP contribution >= 0.6 is 0 Å². The van der Waals surface area contributed by atoms with Gasteiger partial charge in [0.1, 0.15) is 24.2 Å². The number of carbonyl (C=O) groups excluding carboxylic acids is 1. The summed E-state index contributed by atoms with van der Waals surface area (Å²) in [5.74, 6) is 0.0887. The molecule has 0 bridgehead atoms. The van der Waals surface area contributed by atoms with E-state index in [-0.39, 0.29) is 17.2 Å². The van der Waals surface area contributed by atoms with Crippen LogP contribution in [0.1, 0.15) is 122 Å². The second-order valence-electron chi connectivity index (χ2n) is 14.8. The number of nitriles is 1. The first-order chi connectivity index (χ1) is 20.9. The molecule has 1 aliphatic carbocycles. The normalized spacial score (nSPS) is 20.8. The van der Waals surface area contributed by atoms with Crippen molar-refractivity contribution in [2.45, 2.75) is 110 Å². The van der Waals surface area contributed by atoms with Gasteiger partial charge in [-0.3, -0.25) is 9.35 Å². The first-order valence-electron chi connectivity index (χ1n) is 16.2. The van der Waals surface area contributed by atoms with Crippen molar-refractivity contribution < 1.29 is 17.8 Å². The molecule has 1 atom stereocenters. The highest BCUT2D eigenvalue weighted by Gasteiger charge is 2.42. The first kappa shape index (κ1) is 33.1. The molecule has 2 aromatic carbocycles. The number of likely N-dealkylation sites (N-methyl/N-ethyl adjacent to an activating group) is 1. The van der Waals surface area contributed by atoms with Gasteiger partial charge in [-0.25, -0.2) is 4.58 Å². The fourth-order valence-electron chi connectivity index (χ4n) is 8.28. The minimum atomic E-state index is -4.28. The molecule has 2 aliphatic heterocycles. The summed E-state index contributed by atoms with van der Waals surface area (Å²) in [6.07, 6.45) is 4.83. The molecule has 7 nitrogen and oxygen atoms in total. The summed E-state index contributed by atoms with van der Waals surface area (Å²) < 4.78 is 36.4. The Hall–Kier alpha value is -3.28. The molecule has 8 heteroatoms. The average molecular weight is 631 g/mol. The number of nitrogens with zero attached hydrogens (tertiary/aromatic N) is 3. The number of ketones is 1. The van der Waals surface area contributed by atoms with E-state index in [1.165, 1.54) is 11.3 Å². The largest absolute Gasteiger partial charge is 0.366 e. The van der Waals surface area contributed by atoms with Crippen molar-refractivity contribution in [1.82, 2.24) is 4.58 Å². The lowest BCUT2D eigenvalue weighted by molar-refractivity contribution is -0.118. The van der Waals surface area contributed by atoms with Crippen LogP contribution in [0.15, 0.2) is 30.3 Å². The minimum absolute atomic E-state index is 0.0868. The van der Waals surface area contributed by atoms with Crippen molar-refractivity contribution in [3.63, 3.8) is 0 Å². The summed E-state index contributed by atoms with van der Waals surface area (Å²) in [4.78, 5) is 14.6. The van der Waals surface area contributed by atoms with Crippen LogP contribution < -0.4 is 20.1 Å². The quantitative estimate of drug-likeness (QED) is 0.307. The van der Waals surface area contributed by atoms with Crippen LogP contribution in [0.4, 0.5) is 5.69 Å². The van der Waals surface area contributed by atoms with Crippen molar-refractivity contribution >= 4 is 32.7 Å². The fourth-order valence-corrected chi connectivity index (χ4v) is 8.91. The van der Waals surface area contributed by atoms with Crippen LogP contribution in [0.2, 0.25) is 0 Å². The van der Waals surface area contributed by atoms with Crippen LogP contribution in [0.25, 0.3) is 11.1 Å². The Morgan fingerprint density at radius 2 is 1.76 bits per heavy atom. The van der Waals surface area contributed by atoms with Gasteiger partial charge in [0.05, 0.1) is 11.1 Å². The van der Waals surface area contributed by atoms with Gasteiger partial charge >= 0.3 is 0 Å². The van der Waals surface area contributed by atoms with Gasteiger partial charge in [0, 0.05) is 55.9 Å². The van der Waals surface area contributed by atoms with E-state index in [9.17, 15) is 23.0 Å². The highest BCUT2D eigenvalue weighted by Crippen LogP contribution is 2.48. The molecule has 1 unspecified atom stereocenters. The monoisotopic (exact) mass is 630 g/mol. The van der Waals surface area contributed by atoms with Crippen molar-refractivity contribution in [3.05, 3.63) is 68.7 Å². The third kappa shape index (κ3) is 5.67. The molecule has 3 aliphatic rings. The summed E-state index contributed by atoms with van der Waals surface area (Å²) in [6.45, 7) is 20.8. The molecular formula is C37H48N3O4S+. The Morgan fingerprint density at radius 1 is 1.07 bits per heavy atom. The summed E-state index contributed by atoms with van der Waals surface area (Å²) >= 11 is 0. The summed E-state index contributed by atoms with van der Waals surface area (Å²) in [7, 11) is -4.28. The third-order valence-electron chi connectivity index (χ3n) is 10.4. The van der Waals surface area contributed by atoms with E-state index in [1.807, 2.05) is 32.9 Å². The molecule has 0 amide bonds. The van der Waals surface area contributed by atoms with Gasteiger partial charge in [-0.05, 0) is 96.9 Å². The second kappa shape index (κ2) is 11.2. The number of hydrogen-bond acceptors (Lipinski definition) is 5. The van der Waals surface area contributed by atoms with Gasteiger partial charge < -0.3 is 4.90 Å². The Balaban J connectivity index is 1.80. The number of carbonyl (C=O) groups is 1. The summed E-state index contributed by atoms with van der Waals surface area (Å²) in [5, 5.41) is 12.4. The highest BCUT2D eigenvalue weighted by molar-refractivity contribution is 7.86. The Bertz CT molecular complexity index is 1910. The molecule has 0 saturated heterocycles. The van der Waals surface area contributed by atoms with Gasteiger partial charge in [0.25, 0.3) is 10.1 Å². The van der Waals surface area contributed by atoms with Crippen molar-refractivity contribution in [2.24, 2.45) is 0 Å². The SMILES string of the molecule is CCC(=O)CCCN1c2cc3c(cc2C(C)CC1(C)C)C(C#N)=c1cc2c(cc1C3(C)C)=[N+](CC)C(C)(C)C=C2CS(=O)(=O)O. The van der Waals surface area contributed by atoms with Gasteiger partial charge in [0.15, 0.2) is 5.54 Å². The molecule has 45 heavy (non-hydrogen) atoms. The Kier molecular flexibility index (Phi) is 8.24. The van der Waals surface area contributed by atoms with Crippen LogP contribution in [0, 0.1) is 11.3 Å². The van der Waals surface area contributed by atoms with Crippen molar-refractivity contribution in [2.75, 3.05) is 23.7 Å². The molecule has 0 radical (unpaired) electrons. The van der Waals surface area contributed by atoms with Gasteiger partial charge in [0.2, 0.25) is 5.36 Å². The van der Waals surface area contributed by atoms with Crippen LogP contribution in [-0.4, -0.2) is 48.7 Å². The zero-order chi connectivity index (χ0) is 33.3. The van der Waals surface area contributed by atoms with E-state index in [4.69, 9.17) is 0 Å². The zero-order valence-corrected chi connectivity index (χ0v) is 29.2. The lowest BCUT2D eigenvalue weighted by Gasteiger charge is -2.49. The predicted octanol–water partition coefficient (Wildman–Crippen LogP) is 5.47. The number of fused-ring (bicyclic) bond motifs is 4. The molecule has 5 rings (SSSR count). The summed E-state index contributed by atoms with van der Waals surface area (Å²) in [5.41, 5.74) is 6.28. The highest BCUT2D eigenvalue weighted by atomic mass is 32.2. The maximum atomic E-state index is 12.1. The maximum Gasteiger partial charge on any atom is 0.269 e. The Labute approximate surface area is 268 Å². The van der Waals surface area contributed by atoms with Gasteiger partial charge in [-0.2, -0.15) is 13.7 Å². The molecule has 0 aromatic heterocycles. The zero-order valence-electron chi connectivity index (χ0n) is 28.3. The topological polar surface area (TPSA) is 101 Å². The molecule has 2 aromatic rings. The average Bonchev–Trinajstić information content (AvgIpc) is 2.92. The third-order valence-corrected chi connectivity index (χ3v) is 11.1. The van der Waals surface area contributed by atoms with E-state index in [2.05, 4.69) is 75.3 Å². The number of anilines is 1. The standard InChI is InChI=1S/C37H47N3O4S/c1-10-25(41)13-12-14-40-33-17-31-28(15-26(33)23(3)19-35(40,4)5)30(21-38)29-16-27-24(22-45(42,43)44)20-36(6,7)39(11-2)34(27)18-32(29)37(31,8)9/h15-18,20,23H,10-14,19,22H2,1-9H3/p+1. The van der Waals surface area contributed by atoms with E-state index in [1.54, 1.807) is 0 Å². The van der Waals surface area contributed by atoms with E-state index >= 15 is 0 Å². The van der Waals surface area contributed by atoms with Crippen LogP contribution in [0.5, 0.6) is 0 Å². The lowest BCUT2D eigenvalue weighted by atomic mass is 9.67. The van der Waals surface area contributed by atoms with Crippen molar-refractivity contribution in [3.8, 4) is 6.07 Å². The maximum absolute atomic E-state index is 12.1. The predicted molar refractivity (Wildman–Crippen MR) is 182 cm³/mol. The lowest BCUT2D eigenvalue weighted by Crippen LogP contribution is -2.51. The fraction of sp³-hybridized carbons (Fsp3) is 0.541. The van der Waals surface area contributed by atoms with E-state index in [0.29, 0.717) is 30.5 Å². The number of benzene rings is 2. The molecule has 0 fully saturated rings. The number of hydrogen-bond donors (Lipinski definition) is 1. The smallest absolute Gasteiger partial charge is 0.269 e. The molecule has 0 saturated carbocycles. The van der Waals surface area contributed by atoms with Crippen molar-refractivity contribution in [1.29, 1.82) is 5.26 Å². The number of rotatable bonds is 8. The summed E-state index contributed by atoms with van der Waals surface area (Å²) in [6, 6.07) is 11.2. The molecule has 0 spiro atoms. The Morgan fingerprint density at radius 3 is 2.36 bits per heavy atom. The van der Waals surface area contributed by atoms with Crippen LogP contribution in [0.3, 0.4) is 0 Å². The number of Topliss-reactive ketones (excluding diaryl/α,β-unsaturated/α-hetero) is 1. The van der Waals surface area contributed by atoms with Crippen LogP contribution in [-0.2, 0) is 20.3 Å². The molecule has 240 valence electrons. The minimum Gasteiger partial charge on any atom is -0.366 e.